The smallest absolute Gasteiger partial charge is 0.353 e. The number of alkyl halides is 3. The first kappa shape index (κ1) is 22.7. The summed E-state index contributed by atoms with van der Waals surface area (Å²) in [6.45, 7) is -0.332. The molecule has 2 bridgehead atoms. The molecule has 0 spiro atoms. The number of fused-ring (bicyclic) bond motifs is 1. The van der Waals surface area contributed by atoms with Crippen molar-refractivity contribution < 1.29 is 22.4 Å². The highest BCUT2D eigenvalue weighted by molar-refractivity contribution is 6.30. The molecule has 178 valence electrons. The molecule has 33 heavy (non-hydrogen) atoms. The van der Waals surface area contributed by atoms with Crippen LogP contribution in [0.2, 0.25) is 5.02 Å². The minimum Gasteiger partial charge on any atom is -0.353 e. The van der Waals surface area contributed by atoms with E-state index in [9.17, 15) is 22.4 Å². The van der Waals surface area contributed by atoms with Gasteiger partial charge in [0.1, 0.15) is 5.82 Å². The SMILES string of the molecule is O=C(N[C@H]1CC2(n3cnc(-c4ccc(Cl)c(F)c4)c3)CC1C2)C1CCN(CC(F)(F)F)CC1. The minimum absolute atomic E-state index is 0.0441. The number of halogens is 5. The van der Waals surface area contributed by atoms with Crippen LogP contribution in [0.5, 0.6) is 0 Å². The zero-order valence-corrected chi connectivity index (χ0v) is 18.7. The molecule has 2 aromatic rings. The number of imidazole rings is 1. The third-order valence-electron chi connectivity index (χ3n) is 7.49. The maximum Gasteiger partial charge on any atom is 0.401 e. The number of benzene rings is 1. The van der Waals surface area contributed by atoms with Crippen molar-refractivity contribution in [2.75, 3.05) is 19.6 Å². The van der Waals surface area contributed by atoms with E-state index in [1.165, 1.54) is 17.0 Å². The molecule has 1 aliphatic heterocycles. The first-order chi connectivity index (χ1) is 15.6. The van der Waals surface area contributed by atoms with Gasteiger partial charge in [-0.25, -0.2) is 9.37 Å². The van der Waals surface area contributed by atoms with Gasteiger partial charge in [-0.1, -0.05) is 17.7 Å². The average molecular weight is 485 g/mol. The van der Waals surface area contributed by atoms with Crippen LogP contribution in [0.1, 0.15) is 32.1 Å². The quantitative estimate of drug-likeness (QED) is 0.630. The van der Waals surface area contributed by atoms with Gasteiger partial charge < -0.3 is 9.88 Å². The molecule has 6 rings (SSSR count). The normalized spacial score (nSPS) is 28.0. The molecule has 2 heterocycles. The van der Waals surface area contributed by atoms with E-state index in [0.717, 1.165) is 19.3 Å². The maximum absolute atomic E-state index is 13.8. The molecule has 1 aromatic heterocycles. The van der Waals surface area contributed by atoms with Crippen LogP contribution in [0.4, 0.5) is 17.6 Å². The second-order valence-electron chi connectivity index (χ2n) is 9.67. The topological polar surface area (TPSA) is 50.2 Å². The Morgan fingerprint density at radius 3 is 2.61 bits per heavy atom. The summed E-state index contributed by atoms with van der Waals surface area (Å²) in [5.41, 5.74) is 1.22. The fraction of sp³-hybridized carbons (Fsp3) is 0.565. The molecule has 4 aliphatic rings. The third kappa shape index (κ3) is 4.49. The Bertz CT molecular complexity index is 1040. The van der Waals surface area contributed by atoms with Crippen molar-refractivity contribution in [3.8, 4) is 11.3 Å². The van der Waals surface area contributed by atoms with Crippen molar-refractivity contribution >= 4 is 17.5 Å². The van der Waals surface area contributed by atoms with E-state index in [4.69, 9.17) is 11.6 Å². The lowest BCUT2D eigenvalue weighted by molar-refractivity contribution is -0.149. The van der Waals surface area contributed by atoms with Crippen molar-refractivity contribution in [1.82, 2.24) is 19.8 Å². The molecular formula is C23H25ClF4N4O. The molecule has 1 atom stereocenters. The zero-order chi connectivity index (χ0) is 23.4. The van der Waals surface area contributed by atoms with E-state index in [2.05, 4.69) is 14.9 Å². The molecule has 3 saturated carbocycles. The number of rotatable bonds is 5. The van der Waals surface area contributed by atoms with Crippen LogP contribution in [0.3, 0.4) is 0 Å². The number of hydrogen-bond acceptors (Lipinski definition) is 3. The average Bonchev–Trinajstić information content (AvgIpc) is 3.42. The van der Waals surface area contributed by atoms with Gasteiger partial charge in [-0.05, 0) is 63.2 Å². The monoisotopic (exact) mass is 484 g/mol. The summed E-state index contributed by atoms with van der Waals surface area (Å²) < 4.78 is 53.6. The highest BCUT2D eigenvalue weighted by Gasteiger charge is 2.57. The van der Waals surface area contributed by atoms with E-state index in [0.29, 0.717) is 43.1 Å². The molecule has 1 aromatic carbocycles. The molecule has 0 radical (unpaired) electrons. The standard InChI is InChI=1S/C23H25ClF4N4O/c24-17-2-1-15(7-18(17)25)20-11-32(13-29-20)22-8-16(9-22)19(10-22)30-21(33)14-3-5-31(6-4-14)12-23(26,27)28/h1-2,7,11,13-14,16,19H,3-6,8-10,12H2,(H,30,33)/t16?,19-,22?/m0/s1. The summed E-state index contributed by atoms with van der Waals surface area (Å²) in [6.07, 6.45) is 3.04. The van der Waals surface area contributed by atoms with Gasteiger partial charge in [0.15, 0.2) is 0 Å². The number of aromatic nitrogens is 2. The fourth-order valence-electron chi connectivity index (χ4n) is 5.72. The van der Waals surface area contributed by atoms with Crippen molar-refractivity contribution in [1.29, 1.82) is 0 Å². The van der Waals surface area contributed by atoms with E-state index < -0.39 is 18.5 Å². The van der Waals surface area contributed by atoms with E-state index in [-0.39, 0.29) is 28.4 Å². The van der Waals surface area contributed by atoms with Gasteiger partial charge >= 0.3 is 6.18 Å². The number of likely N-dealkylation sites (tertiary alicyclic amines) is 1. The first-order valence-electron chi connectivity index (χ1n) is 11.2. The first-order valence-corrected chi connectivity index (χ1v) is 11.6. The number of piperidine rings is 1. The van der Waals surface area contributed by atoms with Gasteiger partial charge in [-0.2, -0.15) is 13.2 Å². The van der Waals surface area contributed by atoms with Crippen LogP contribution in [-0.2, 0) is 10.3 Å². The molecule has 1 amide bonds. The van der Waals surface area contributed by atoms with Gasteiger partial charge in [0, 0.05) is 29.3 Å². The fourth-order valence-corrected chi connectivity index (χ4v) is 5.84. The van der Waals surface area contributed by atoms with Crippen LogP contribution in [-0.4, -0.2) is 52.2 Å². The van der Waals surface area contributed by atoms with Gasteiger partial charge in [0.25, 0.3) is 0 Å². The molecule has 1 saturated heterocycles. The van der Waals surface area contributed by atoms with Crippen LogP contribution in [0, 0.1) is 17.7 Å². The summed E-state index contributed by atoms with van der Waals surface area (Å²) in [5.74, 6) is -0.378. The largest absolute Gasteiger partial charge is 0.401 e. The van der Waals surface area contributed by atoms with Gasteiger partial charge in [0.2, 0.25) is 5.91 Å². The Morgan fingerprint density at radius 2 is 1.94 bits per heavy atom. The predicted molar refractivity (Wildman–Crippen MR) is 115 cm³/mol. The van der Waals surface area contributed by atoms with Gasteiger partial charge in [-0.3, -0.25) is 9.69 Å². The Balaban J connectivity index is 1.17. The number of hydrogen-bond donors (Lipinski definition) is 1. The van der Waals surface area contributed by atoms with Crippen LogP contribution < -0.4 is 5.32 Å². The van der Waals surface area contributed by atoms with Crippen molar-refractivity contribution in [2.24, 2.45) is 11.8 Å². The van der Waals surface area contributed by atoms with E-state index in [1.54, 1.807) is 12.4 Å². The summed E-state index contributed by atoms with van der Waals surface area (Å²) in [6, 6.07) is 4.67. The highest BCUT2D eigenvalue weighted by Crippen LogP contribution is 2.57. The predicted octanol–water partition coefficient (Wildman–Crippen LogP) is 4.61. The molecule has 3 aliphatic carbocycles. The Kier molecular flexibility index (Phi) is 5.68. The van der Waals surface area contributed by atoms with Crippen LogP contribution in [0.15, 0.2) is 30.7 Å². The van der Waals surface area contributed by atoms with Crippen molar-refractivity contribution in [3.05, 3.63) is 41.6 Å². The number of amides is 1. The lowest BCUT2D eigenvalue weighted by atomic mass is 9.76. The lowest BCUT2D eigenvalue weighted by Gasteiger charge is -2.39. The maximum atomic E-state index is 13.8. The number of nitrogens with zero attached hydrogens (tertiary/aromatic N) is 3. The van der Waals surface area contributed by atoms with Gasteiger partial charge in [0.05, 0.1) is 23.6 Å². The number of nitrogens with one attached hydrogen (secondary N) is 1. The molecular weight excluding hydrogens is 460 g/mol. The highest BCUT2D eigenvalue weighted by atomic mass is 35.5. The van der Waals surface area contributed by atoms with Gasteiger partial charge in [-0.15, -0.1) is 0 Å². The zero-order valence-electron chi connectivity index (χ0n) is 17.9. The molecule has 5 nitrogen and oxygen atoms in total. The molecule has 1 N–H and O–H groups in total. The third-order valence-corrected chi connectivity index (χ3v) is 7.79. The summed E-state index contributed by atoms with van der Waals surface area (Å²) >= 11 is 5.77. The Hall–Kier alpha value is -2.13. The molecule has 4 fully saturated rings. The lowest BCUT2D eigenvalue weighted by Crippen LogP contribution is -2.46. The van der Waals surface area contributed by atoms with E-state index >= 15 is 0 Å². The summed E-state index contributed by atoms with van der Waals surface area (Å²) in [4.78, 5) is 18.6. The Labute approximate surface area is 194 Å². The van der Waals surface area contributed by atoms with Crippen molar-refractivity contribution in [2.45, 2.75) is 49.9 Å². The number of carbonyl (C=O) groups is 1. The Morgan fingerprint density at radius 1 is 1.21 bits per heavy atom. The summed E-state index contributed by atoms with van der Waals surface area (Å²) in [7, 11) is 0. The number of carbonyl (C=O) groups excluding carboxylic acids is 1. The van der Waals surface area contributed by atoms with E-state index in [1.807, 2.05) is 6.20 Å². The second-order valence-corrected chi connectivity index (χ2v) is 10.1. The second kappa shape index (κ2) is 8.27. The molecule has 0 unspecified atom stereocenters. The minimum atomic E-state index is -4.21. The van der Waals surface area contributed by atoms with Crippen LogP contribution in [0.25, 0.3) is 11.3 Å². The summed E-state index contributed by atoms with van der Waals surface area (Å²) in [5, 5.41) is 3.24. The molecule has 10 heteroatoms. The van der Waals surface area contributed by atoms with Crippen molar-refractivity contribution in [3.63, 3.8) is 0 Å². The van der Waals surface area contributed by atoms with Crippen LogP contribution >= 0.6 is 11.6 Å².